The van der Waals surface area contributed by atoms with Crippen LogP contribution in [0.5, 0.6) is 0 Å². The van der Waals surface area contributed by atoms with E-state index < -0.39 is 11.7 Å². The van der Waals surface area contributed by atoms with Crippen LogP contribution in [0.1, 0.15) is 30.1 Å². The van der Waals surface area contributed by atoms with Gasteiger partial charge in [0.1, 0.15) is 5.82 Å². The van der Waals surface area contributed by atoms with Crippen LogP contribution < -0.4 is 11.1 Å². The fraction of sp³-hybridized carbons (Fsp3) is 0.533. The number of halogens is 2. The Bertz CT molecular complexity index is 516. The molecule has 1 aromatic rings. The standard InChI is InChI=1S/C15H21BrFN3O/c1-10-2-5-20(6-3-10)7-4-19-13-9-11(16)8-12(17)14(13)15(18)21/h8-10,19H,2-7H2,1H3,(H2,18,21). The minimum atomic E-state index is -0.755. The van der Waals surface area contributed by atoms with E-state index in [4.69, 9.17) is 5.73 Å². The minimum absolute atomic E-state index is 0.0783. The molecule has 0 unspecified atom stereocenters. The molecular weight excluding hydrogens is 337 g/mol. The van der Waals surface area contributed by atoms with Gasteiger partial charge in [-0.3, -0.25) is 4.79 Å². The zero-order chi connectivity index (χ0) is 15.4. The molecule has 0 radical (unpaired) electrons. The van der Waals surface area contributed by atoms with Gasteiger partial charge in [0.05, 0.1) is 11.3 Å². The Kier molecular flexibility index (Phi) is 5.58. The number of nitrogens with one attached hydrogen (secondary N) is 1. The highest BCUT2D eigenvalue weighted by atomic mass is 79.9. The van der Waals surface area contributed by atoms with Gasteiger partial charge in [0.25, 0.3) is 5.91 Å². The summed E-state index contributed by atoms with van der Waals surface area (Å²) in [5.74, 6) is -0.560. The molecule has 1 fully saturated rings. The van der Waals surface area contributed by atoms with Crippen molar-refractivity contribution in [2.75, 3.05) is 31.5 Å². The summed E-state index contributed by atoms with van der Waals surface area (Å²) in [4.78, 5) is 13.8. The van der Waals surface area contributed by atoms with Gasteiger partial charge in [-0.2, -0.15) is 0 Å². The summed E-state index contributed by atoms with van der Waals surface area (Å²) < 4.78 is 14.4. The molecule has 0 aromatic heterocycles. The number of piperidine rings is 1. The lowest BCUT2D eigenvalue weighted by Gasteiger charge is -2.30. The molecule has 0 spiro atoms. The lowest BCUT2D eigenvalue weighted by Crippen LogP contribution is -2.36. The van der Waals surface area contributed by atoms with Crippen molar-refractivity contribution in [3.63, 3.8) is 0 Å². The smallest absolute Gasteiger partial charge is 0.253 e. The Balaban J connectivity index is 1.95. The number of hydrogen-bond acceptors (Lipinski definition) is 3. The molecule has 4 nitrogen and oxygen atoms in total. The molecule has 116 valence electrons. The summed E-state index contributed by atoms with van der Waals surface area (Å²) in [5, 5.41) is 3.12. The van der Waals surface area contributed by atoms with E-state index in [1.165, 1.54) is 18.9 Å². The van der Waals surface area contributed by atoms with Gasteiger partial charge in [-0.25, -0.2) is 4.39 Å². The van der Waals surface area contributed by atoms with Crippen molar-refractivity contribution in [2.45, 2.75) is 19.8 Å². The van der Waals surface area contributed by atoms with Crippen LogP contribution in [0.2, 0.25) is 0 Å². The number of rotatable bonds is 5. The molecular formula is C15H21BrFN3O. The third kappa shape index (κ3) is 4.41. The Morgan fingerprint density at radius 3 is 2.76 bits per heavy atom. The normalized spacial score (nSPS) is 16.9. The van der Waals surface area contributed by atoms with E-state index in [1.807, 2.05) is 0 Å². The van der Waals surface area contributed by atoms with E-state index in [9.17, 15) is 9.18 Å². The Morgan fingerprint density at radius 2 is 2.14 bits per heavy atom. The van der Waals surface area contributed by atoms with Gasteiger partial charge in [0.2, 0.25) is 0 Å². The van der Waals surface area contributed by atoms with Gasteiger partial charge in [-0.1, -0.05) is 22.9 Å². The van der Waals surface area contributed by atoms with Gasteiger partial charge < -0.3 is 16.0 Å². The van der Waals surface area contributed by atoms with Crippen LogP contribution in [0.4, 0.5) is 10.1 Å². The molecule has 1 saturated heterocycles. The zero-order valence-corrected chi connectivity index (χ0v) is 13.7. The first kappa shape index (κ1) is 16.2. The molecule has 1 heterocycles. The number of nitrogens with zero attached hydrogens (tertiary/aromatic N) is 1. The number of carbonyl (C=O) groups excluding carboxylic acids is 1. The van der Waals surface area contributed by atoms with E-state index in [0.717, 1.165) is 25.6 Å². The second-order valence-electron chi connectivity index (χ2n) is 5.63. The zero-order valence-electron chi connectivity index (χ0n) is 12.2. The van der Waals surface area contributed by atoms with Gasteiger partial charge in [-0.05, 0) is 44.0 Å². The lowest BCUT2D eigenvalue weighted by atomic mass is 9.99. The van der Waals surface area contributed by atoms with Crippen molar-refractivity contribution in [1.29, 1.82) is 0 Å². The largest absolute Gasteiger partial charge is 0.383 e. The van der Waals surface area contributed by atoms with Crippen molar-refractivity contribution in [1.82, 2.24) is 4.90 Å². The number of amides is 1. The first-order valence-corrected chi connectivity index (χ1v) is 8.01. The van der Waals surface area contributed by atoms with E-state index in [-0.39, 0.29) is 5.56 Å². The molecule has 21 heavy (non-hydrogen) atoms. The molecule has 2 rings (SSSR count). The Hall–Kier alpha value is -1.14. The summed E-state index contributed by atoms with van der Waals surface area (Å²) in [6.45, 7) is 6.00. The maximum absolute atomic E-state index is 13.8. The van der Waals surface area contributed by atoms with Crippen molar-refractivity contribution < 1.29 is 9.18 Å². The van der Waals surface area contributed by atoms with Crippen molar-refractivity contribution >= 4 is 27.5 Å². The van der Waals surface area contributed by atoms with E-state index in [2.05, 4.69) is 33.1 Å². The predicted octanol–water partition coefficient (Wildman–Crippen LogP) is 2.83. The van der Waals surface area contributed by atoms with Crippen LogP contribution in [0, 0.1) is 11.7 Å². The number of anilines is 1. The van der Waals surface area contributed by atoms with Crippen LogP contribution in [0.3, 0.4) is 0 Å². The summed E-state index contributed by atoms with van der Waals surface area (Å²) in [6.07, 6.45) is 2.44. The van der Waals surface area contributed by atoms with Crippen LogP contribution in [0.25, 0.3) is 0 Å². The summed E-state index contributed by atoms with van der Waals surface area (Å²) in [7, 11) is 0. The third-order valence-corrected chi connectivity index (χ3v) is 4.38. The Morgan fingerprint density at radius 1 is 1.48 bits per heavy atom. The maximum atomic E-state index is 13.8. The van der Waals surface area contributed by atoms with Crippen LogP contribution in [-0.4, -0.2) is 37.0 Å². The maximum Gasteiger partial charge on any atom is 0.253 e. The SMILES string of the molecule is CC1CCN(CCNc2cc(Br)cc(F)c2C(N)=O)CC1. The summed E-state index contributed by atoms with van der Waals surface area (Å²) >= 11 is 3.23. The second-order valence-corrected chi connectivity index (χ2v) is 6.54. The number of hydrogen-bond donors (Lipinski definition) is 2. The Labute approximate surface area is 133 Å². The van der Waals surface area contributed by atoms with Crippen LogP contribution >= 0.6 is 15.9 Å². The fourth-order valence-corrected chi connectivity index (χ4v) is 3.03. The van der Waals surface area contributed by atoms with Gasteiger partial charge in [0, 0.05) is 17.6 Å². The summed E-state index contributed by atoms with van der Waals surface area (Å²) in [5.41, 5.74) is 5.62. The third-order valence-electron chi connectivity index (χ3n) is 3.92. The van der Waals surface area contributed by atoms with Gasteiger partial charge in [-0.15, -0.1) is 0 Å². The number of likely N-dealkylation sites (tertiary alicyclic amines) is 1. The highest BCUT2D eigenvalue weighted by Crippen LogP contribution is 2.24. The molecule has 0 atom stereocenters. The second kappa shape index (κ2) is 7.22. The van der Waals surface area contributed by atoms with E-state index >= 15 is 0 Å². The van der Waals surface area contributed by atoms with Crippen LogP contribution in [0.15, 0.2) is 16.6 Å². The number of primary amides is 1. The van der Waals surface area contributed by atoms with Gasteiger partial charge >= 0.3 is 0 Å². The molecule has 0 saturated carbocycles. The number of nitrogens with two attached hydrogens (primary N) is 1. The first-order valence-electron chi connectivity index (χ1n) is 7.22. The van der Waals surface area contributed by atoms with Crippen molar-refractivity contribution in [2.24, 2.45) is 11.7 Å². The average molecular weight is 358 g/mol. The molecule has 1 aliphatic rings. The minimum Gasteiger partial charge on any atom is -0.383 e. The molecule has 1 aromatic carbocycles. The molecule has 1 amide bonds. The fourth-order valence-electron chi connectivity index (χ4n) is 2.60. The molecule has 3 N–H and O–H groups in total. The quantitative estimate of drug-likeness (QED) is 0.851. The van der Waals surface area contributed by atoms with E-state index in [1.54, 1.807) is 6.07 Å². The summed E-state index contributed by atoms with van der Waals surface area (Å²) in [6, 6.07) is 2.93. The number of benzene rings is 1. The highest BCUT2D eigenvalue weighted by molar-refractivity contribution is 9.10. The van der Waals surface area contributed by atoms with Crippen molar-refractivity contribution in [3.05, 3.63) is 28.0 Å². The van der Waals surface area contributed by atoms with Crippen LogP contribution in [-0.2, 0) is 0 Å². The molecule has 1 aliphatic heterocycles. The molecule has 0 aliphatic carbocycles. The number of carbonyl (C=O) groups is 1. The first-order chi connectivity index (χ1) is 9.97. The molecule has 0 bridgehead atoms. The topological polar surface area (TPSA) is 58.4 Å². The lowest BCUT2D eigenvalue weighted by molar-refractivity contribution is 0.0997. The molecule has 6 heteroatoms. The van der Waals surface area contributed by atoms with Crippen molar-refractivity contribution in [3.8, 4) is 0 Å². The predicted molar refractivity (Wildman–Crippen MR) is 85.9 cm³/mol. The average Bonchev–Trinajstić information content (AvgIpc) is 2.39. The monoisotopic (exact) mass is 357 g/mol. The highest BCUT2D eigenvalue weighted by Gasteiger charge is 2.17. The van der Waals surface area contributed by atoms with E-state index in [0.29, 0.717) is 16.7 Å². The van der Waals surface area contributed by atoms with Gasteiger partial charge in [0.15, 0.2) is 0 Å².